The number of carboxylic acid groups (broad SMARTS) is 1. The van der Waals surface area contributed by atoms with Gasteiger partial charge in [0.05, 0.1) is 18.8 Å². The third-order valence-corrected chi connectivity index (χ3v) is 21.0. The summed E-state index contributed by atoms with van der Waals surface area (Å²) in [6, 6.07) is 18.3. The molecule has 13 amide bonds. The van der Waals surface area contributed by atoms with Gasteiger partial charge in [-0.2, -0.15) is 11.8 Å². The smallest absolute Gasteiger partial charge is 0.325 e. The van der Waals surface area contributed by atoms with Gasteiger partial charge in [-0.1, -0.05) is 97.1 Å². The van der Waals surface area contributed by atoms with Gasteiger partial charge in [0.15, 0.2) is 0 Å². The zero-order valence-electron chi connectivity index (χ0n) is 65.0. The van der Waals surface area contributed by atoms with E-state index < -0.39 is 175 Å². The Morgan fingerprint density at radius 3 is 1.47 bits per heavy atom. The molecule has 0 bridgehead atoms. The van der Waals surface area contributed by atoms with Gasteiger partial charge in [0.2, 0.25) is 76.8 Å². The molecule has 1 saturated heterocycles. The number of aromatic nitrogens is 5. The highest BCUT2D eigenvalue weighted by atomic mass is 32.2. The van der Waals surface area contributed by atoms with E-state index in [9.17, 15) is 58.2 Å². The van der Waals surface area contributed by atoms with E-state index in [2.05, 4.69) is 78.1 Å². The van der Waals surface area contributed by atoms with Crippen LogP contribution in [0.15, 0.2) is 159 Å². The summed E-state index contributed by atoms with van der Waals surface area (Å²) in [6.07, 6.45) is 7.08. The number of carbonyl (C=O) groups excluding carboxylic acids is 13. The lowest BCUT2D eigenvalue weighted by Gasteiger charge is -2.31. The number of hydrogen-bond acceptors (Lipinski definition) is 18. The van der Waals surface area contributed by atoms with Gasteiger partial charge in [-0.05, 0) is 116 Å². The Morgan fingerprint density at radius 2 is 0.915 bits per heavy atom. The molecule has 0 radical (unpaired) electrons. The van der Waals surface area contributed by atoms with Crippen LogP contribution in [0.1, 0.15) is 85.9 Å². The molecule has 12 atom stereocenters. The van der Waals surface area contributed by atoms with Crippen molar-refractivity contribution in [1.29, 1.82) is 0 Å². The number of nitrogens with zero attached hydrogens (tertiary/aromatic N) is 2. The summed E-state index contributed by atoms with van der Waals surface area (Å²) in [4.78, 5) is 216. The van der Waals surface area contributed by atoms with Crippen LogP contribution in [0.4, 0.5) is 0 Å². The average Bonchev–Trinajstić information content (AvgIpc) is 1.63. The first-order valence-corrected chi connectivity index (χ1v) is 39.8. The molecule has 36 heteroatoms. The minimum Gasteiger partial charge on any atom is -0.508 e. The lowest BCUT2D eigenvalue weighted by Crippen LogP contribution is -2.61. The number of primary amides is 2. The SMILES string of the molecule is CSCC[C@H](NC(=O)[C@H](C)NC(=O)[C@H](Cc1c[nH]c2ccccc12)NC(=O)[C@H](CC(N)=O)NC(=O)[C@H](CCC(N)=O)NC(=O)[C@H](Cc1ccccc1)NC(=O)[C@H](Cc1c[nH]c2ccccc12)NC(=O)[C@@H]1CCCN1C(=O)[C@H](Cc1ccc(O)cc1)NC(=O)[C@H](Cc1cnc[nH]1)NC(=O)[C@@H](N)Cc1c[nH]c2ccccc12)C(=O)N[C@@H](C)C(=O)O. The molecular weight excluding hydrogens is 1540 g/mol. The zero-order valence-corrected chi connectivity index (χ0v) is 65.8. The molecule has 4 aromatic heterocycles. The number of rotatable bonds is 42. The second-order valence-corrected chi connectivity index (χ2v) is 30.1. The summed E-state index contributed by atoms with van der Waals surface area (Å²) in [5.74, 6) is -13.0. The fourth-order valence-electron chi connectivity index (χ4n) is 14.0. The van der Waals surface area contributed by atoms with Crippen molar-refractivity contribution in [3.63, 3.8) is 0 Å². The van der Waals surface area contributed by atoms with Crippen LogP contribution < -0.4 is 70.4 Å². The second kappa shape index (κ2) is 41.3. The Kier molecular flexibility index (Phi) is 30.4. The van der Waals surface area contributed by atoms with Gasteiger partial charge in [0.1, 0.15) is 72.2 Å². The van der Waals surface area contributed by atoms with E-state index in [0.29, 0.717) is 55.5 Å². The molecule has 1 aliphatic rings. The number of aliphatic carboxylic acids is 1. The number of nitrogens with one attached hydrogen (secondary N) is 14. The Morgan fingerprint density at radius 1 is 0.475 bits per heavy atom. The minimum atomic E-state index is -1.91. The summed E-state index contributed by atoms with van der Waals surface area (Å²) in [5, 5.41) is 48.2. The molecular formula is C82H97N19O16S. The van der Waals surface area contributed by atoms with Crippen molar-refractivity contribution in [2.24, 2.45) is 17.2 Å². The molecule has 22 N–H and O–H groups in total. The number of amides is 13. The van der Waals surface area contributed by atoms with Crippen molar-refractivity contribution in [3.05, 3.63) is 192 Å². The monoisotopic (exact) mass is 1640 g/mol. The molecule has 118 heavy (non-hydrogen) atoms. The number of imidazole rings is 1. The number of hydrogen-bond donors (Lipinski definition) is 19. The molecule has 622 valence electrons. The van der Waals surface area contributed by atoms with Crippen molar-refractivity contribution in [2.45, 2.75) is 163 Å². The molecule has 0 unspecified atom stereocenters. The minimum absolute atomic E-state index is 0.00163. The van der Waals surface area contributed by atoms with E-state index in [1.54, 1.807) is 116 Å². The molecule has 1 aliphatic heterocycles. The number of aromatic amines is 4. The third-order valence-electron chi connectivity index (χ3n) is 20.3. The van der Waals surface area contributed by atoms with Gasteiger partial charge in [-0.25, -0.2) is 4.98 Å². The Labute approximate surface area is 681 Å². The van der Waals surface area contributed by atoms with E-state index in [1.165, 1.54) is 55.2 Å². The Hall–Kier alpha value is -13.4. The van der Waals surface area contributed by atoms with Crippen LogP contribution in [0.2, 0.25) is 0 Å². The second-order valence-electron chi connectivity index (χ2n) is 29.1. The molecule has 0 aliphatic carbocycles. The number of thioether (sulfide) groups is 1. The standard InChI is InChI=1S/C82H97N19O16S/c1-44(71(105)93-61(29-31-118-3)73(107)92-45(2)82(116)117)91-75(109)63(35-49-40-88-58-20-11-8-17-54(49)58)97-79(113)66(38-70(85)104)98-74(108)60(27-28-69(84)103)94-76(110)62(32-46-14-5-4-6-15-46)96-77(111)64(36-50-41-89-59-21-12-9-18-55(50)59)99-80(114)68-22-13-30-101(68)81(115)67(33-47-23-25-52(102)26-24-47)100-78(112)65(37-51-42-86-43-90-51)95-72(106)56(83)34-48-39-87-57-19-10-7-16-53(48)57/h4-12,14-21,23-26,39-45,56,60-68,87-89,102H,13,22,27-38,83H2,1-3H3,(H2,84,103)(H2,85,104)(H,86,90)(H,91,109)(H,92,107)(H,93,105)(H,94,110)(H,95,106)(H,96,111)(H,97,113)(H,98,108)(H,99,114)(H,100,112)(H,116,117)/t44-,45-,56-,60-,61-,62-,63-,64-,65-,66-,67-,68-/m0/s1. The van der Waals surface area contributed by atoms with Gasteiger partial charge >= 0.3 is 5.97 Å². The Bertz CT molecular complexity index is 5090. The summed E-state index contributed by atoms with van der Waals surface area (Å²) < 4.78 is 0. The molecule has 0 saturated carbocycles. The lowest BCUT2D eigenvalue weighted by molar-refractivity contribution is -0.142. The van der Waals surface area contributed by atoms with Crippen molar-refractivity contribution in [2.75, 3.05) is 18.6 Å². The third kappa shape index (κ3) is 23.9. The van der Waals surface area contributed by atoms with Crippen molar-refractivity contribution < 1.29 is 77.3 Å². The van der Waals surface area contributed by atoms with Gasteiger partial charge in [-0.3, -0.25) is 67.1 Å². The summed E-state index contributed by atoms with van der Waals surface area (Å²) in [6.45, 7) is 2.54. The van der Waals surface area contributed by atoms with Crippen LogP contribution in [-0.2, 0) is 106 Å². The average molecular weight is 1640 g/mol. The largest absolute Gasteiger partial charge is 0.508 e. The molecule has 1 fully saturated rings. The highest BCUT2D eigenvalue weighted by Gasteiger charge is 2.42. The maximum atomic E-state index is 15.4. The van der Waals surface area contributed by atoms with Crippen LogP contribution in [-0.4, -0.2) is 214 Å². The number of aromatic hydroxyl groups is 1. The molecule has 10 rings (SSSR count). The predicted octanol–water partition coefficient (Wildman–Crippen LogP) is 0.500. The molecule has 0 spiro atoms. The topological polar surface area (TPSA) is 557 Å². The summed E-state index contributed by atoms with van der Waals surface area (Å²) in [5.41, 5.74) is 23.3. The zero-order chi connectivity index (χ0) is 84.7. The first kappa shape index (κ1) is 87.0. The number of para-hydroxylation sites is 3. The van der Waals surface area contributed by atoms with Gasteiger partial charge < -0.3 is 105 Å². The number of nitrogens with two attached hydrogens (primary N) is 3. The van der Waals surface area contributed by atoms with Crippen LogP contribution in [0, 0.1) is 0 Å². The van der Waals surface area contributed by atoms with Crippen LogP contribution >= 0.6 is 11.8 Å². The van der Waals surface area contributed by atoms with E-state index in [0.717, 1.165) is 16.5 Å². The number of phenols is 1. The maximum absolute atomic E-state index is 15.4. The first-order valence-electron chi connectivity index (χ1n) is 38.4. The summed E-state index contributed by atoms with van der Waals surface area (Å²) in [7, 11) is 0. The molecule has 9 aromatic rings. The normalized spacial score (nSPS) is 15.4. The van der Waals surface area contributed by atoms with Gasteiger partial charge in [-0.15, -0.1) is 0 Å². The van der Waals surface area contributed by atoms with Crippen molar-refractivity contribution in [3.8, 4) is 5.75 Å². The molecule has 5 heterocycles. The van der Waals surface area contributed by atoms with E-state index in [1.807, 2.05) is 24.3 Å². The number of phenolic OH excluding ortho intramolecular Hbond substituents is 1. The first-order chi connectivity index (χ1) is 56.6. The number of fused-ring (bicyclic) bond motifs is 3. The maximum Gasteiger partial charge on any atom is 0.325 e. The quantitative estimate of drug-likeness (QED) is 0.0248. The number of H-pyrrole nitrogens is 4. The molecule has 35 nitrogen and oxygen atoms in total. The fraction of sp³-hybridized carbons (Fsp3) is 0.354. The number of carbonyl (C=O) groups is 14. The highest BCUT2D eigenvalue weighted by Crippen LogP contribution is 2.26. The van der Waals surface area contributed by atoms with E-state index in [4.69, 9.17) is 17.2 Å². The van der Waals surface area contributed by atoms with Crippen LogP contribution in [0.3, 0.4) is 0 Å². The van der Waals surface area contributed by atoms with Crippen molar-refractivity contribution in [1.82, 2.24) is 83.0 Å². The van der Waals surface area contributed by atoms with Crippen molar-refractivity contribution >= 4 is 127 Å². The lowest BCUT2D eigenvalue weighted by atomic mass is 10.0. The number of carboxylic acids is 1. The number of likely N-dealkylation sites (tertiary alicyclic amines) is 1. The van der Waals surface area contributed by atoms with E-state index in [-0.39, 0.29) is 70.1 Å². The van der Waals surface area contributed by atoms with Crippen LogP contribution in [0.25, 0.3) is 32.7 Å². The fourth-order valence-corrected chi connectivity index (χ4v) is 14.4. The highest BCUT2D eigenvalue weighted by molar-refractivity contribution is 7.98. The molecule has 5 aromatic carbocycles. The van der Waals surface area contributed by atoms with Gasteiger partial charge in [0.25, 0.3) is 0 Å². The predicted molar refractivity (Wildman–Crippen MR) is 436 cm³/mol. The Balaban J connectivity index is 0.885. The summed E-state index contributed by atoms with van der Waals surface area (Å²) >= 11 is 1.35. The number of benzene rings is 5. The van der Waals surface area contributed by atoms with Gasteiger partial charge in [0, 0.05) is 108 Å². The van der Waals surface area contributed by atoms with E-state index >= 15 is 19.2 Å². The van der Waals surface area contributed by atoms with Crippen LogP contribution in [0.5, 0.6) is 5.75 Å².